The van der Waals surface area contributed by atoms with Crippen LogP contribution in [0, 0.1) is 5.92 Å². The molecule has 0 spiro atoms. The van der Waals surface area contributed by atoms with E-state index >= 15 is 0 Å². The van der Waals surface area contributed by atoms with E-state index in [0.717, 1.165) is 31.5 Å². The van der Waals surface area contributed by atoms with Gasteiger partial charge in [0.2, 0.25) is 5.91 Å². The van der Waals surface area contributed by atoms with Gasteiger partial charge in [-0.05, 0) is 55.0 Å². The topological polar surface area (TPSA) is 75.4 Å². The number of benzene rings is 2. The van der Waals surface area contributed by atoms with E-state index in [9.17, 15) is 9.59 Å². The Morgan fingerprint density at radius 3 is 2.44 bits per heavy atom. The van der Waals surface area contributed by atoms with Gasteiger partial charge < -0.3 is 16.0 Å². The second-order valence-electron chi connectivity index (χ2n) is 7.31. The lowest BCUT2D eigenvalue weighted by molar-refractivity contribution is -0.116. The Morgan fingerprint density at radius 1 is 1.07 bits per heavy atom. The van der Waals surface area contributed by atoms with Crippen molar-refractivity contribution in [1.29, 1.82) is 0 Å². The van der Waals surface area contributed by atoms with Crippen molar-refractivity contribution in [2.45, 2.75) is 32.6 Å². The van der Waals surface area contributed by atoms with E-state index < -0.39 is 0 Å². The molecule has 1 aliphatic heterocycles. The maximum absolute atomic E-state index is 12.9. The summed E-state index contributed by atoms with van der Waals surface area (Å²) in [7, 11) is 0. The van der Waals surface area contributed by atoms with Crippen LogP contribution in [-0.2, 0) is 11.2 Å². The number of hydrogen-bond acceptors (Lipinski definition) is 3. The number of likely N-dealkylation sites (tertiary alicyclic amines) is 1. The predicted octanol–water partition coefficient (Wildman–Crippen LogP) is 3.71. The monoisotopic (exact) mass is 365 g/mol. The largest absolute Gasteiger partial charge is 0.399 e. The fourth-order valence-electron chi connectivity index (χ4n) is 3.32. The molecule has 2 amide bonds. The van der Waals surface area contributed by atoms with Crippen LogP contribution in [0.4, 0.5) is 11.4 Å². The molecule has 1 saturated heterocycles. The fraction of sp³-hybridized carbons (Fsp3) is 0.364. The van der Waals surface area contributed by atoms with Crippen LogP contribution in [0.1, 0.15) is 42.1 Å². The number of rotatable bonds is 5. The minimum absolute atomic E-state index is 0.00339. The summed E-state index contributed by atoms with van der Waals surface area (Å²) in [5.41, 5.74) is 8.61. The number of amides is 2. The van der Waals surface area contributed by atoms with E-state index in [0.29, 0.717) is 35.7 Å². The Balaban J connectivity index is 1.62. The summed E-state index contributed by atoms with van der Waals surface area (Å²) in [4.78, 5) is 27.2. The molecule has 0 aliphatic carbocycles. The lowest BCUT2D eigenvalue weighted by Crippen LogP contribution is -2.38. The summed E-state index contributed by atoms with van der Waals surface area (Å²) in [6, 6.07) is 14.8. The third-order valence-electron chi connectivity index (χ3n) is 5.12. The number of piperidine rings is 1. The summed E-state index contributed by atoms with van der Waals surface area (Å²) < 4.78 is 0. The van der Waals surface area contributed by atoms with Gasteiger partial charge in [0.15, 0.2) is 0 Å². The van der Waals surface area contributed by atoms with Gasteiger partial charge in [0.1, 0.15) is 0 Å². The van der Waals surface area contributed by atoms with Crippen molar-refractivity contribution in [2.75, 3.05) is 24.1 Å². The molecule has 0 atom stereocenters. The van der Waals surface area contributed by atoms with Gasteiger partial charge >= 0.3 is 0 Å². The minimum Gasteiger partial charge on any atom is -0.399 e. The highest BCUT2D eigenvalue weighted by Crippen LogP contribution is 2.22. The highest BCUT2D eigenvalue weighted by atomic mass is 16.2. The fourth-order valence-corrected chi connectivity index (χ4v) is 3.32. The zero-order valence-corrected chi connectivity index (χ0v) is 15.8. The number of carbonyl (C=O) groups excluding carboxylic acids is 2. The van der Waals surface area contributed by atoms with Crippen molar-refractivity contribution >= 4 is 23.2 Å². The first-order valence-electron chi connectivity index (χ1n) is 9.55. The number of nitrogens with two attached hydrogens (primary N) is 1. The number of anilines is 2. The SMILES string of the molecule is CC1CCN(C(=O)c2ccccc2NC(=O)CCc2ccc(N)cc2)CC1. The first-order chi connectivity index (χ1) is 13.0. The van der Waals surface area contributed by atoms with Crippen molar-refractivity contribution in [3.63, 3.8) is 0 Å². The Bertz CT molecular complexity index is 793. The molecular formula is C22H27N3O2. The molecular weight excluding hydrogens is 338 g/mol. The summed E-state index contributed by atoms with van der Waals surface area (Å²) in [5.74, 6) is 0.563. The zero-order valence-electron chi connectivity index (χ0n) is 15.8. The Morgan fingerprint density at radius 2 is 1.74 bits per heavy atom. The van der Waals surface area contributed by atoms with Crippen molar-refractivity contribution in [1.82, 2.24) is 4.90 Å². The van der Waals surface area contributed by atoms with Crippen molar-refractivity contribution in [3.05, 3.63) is 59.7 Å². The lowest BCUT2D eigenvalue weighted by Gasteiger charge is -2.30. The van der Waals surface area contributed by atoms with Crippen LogP contribution >= 0.6 is 0 Å². The molecule has 0 bridgehead atoms. The summed E-state index contributed by atoms with van der Waals surface area (Å²) >= 11 is 0. The van der Waals surface area contributed by atoms with Crippen LogP contribution in [0.15, 0.2) is 48.5 Å². The van der Waals surface area contributed by atoms with E-state index in [1.165, 1.54) is 0 Å². The third kappa shape index (κ3) is 5.09. The van der Waals surface area contributed by atoms with Crippen LogP contribution < -0.4 is 11.1 Å². The molecule has 2 aromatic carbocycles. The number of carbonyl (C=O) groups is 2. The Kier molecular flexibility index (Phi) is 6.12. The molecule has 1 heterocycles. The predicted molar refractivity (Wildman–Crippen MR) is 109 cm³/mol. The van der Waals surface area contributed by atoms with Crippen molar-refractivity contribution in [3.8, 4) is 0 Å². The standard InChI is InChI=1S/C22H27N3O2/c1-16-12-14-25(15-13-16)22(27)19-4-2-3-5-20(19)24-21(26)11-8-17-6-9-18(23)10-7-17/h2-7,9-10,16H,8,11-15,23H2,1H3,(H,24,26). The molecule has 3 N–H and O–H groups in total. The molecule has 2 aromatic rings. The molecule has 5 nitrogen and oxygen atoms in total. The highest BCUT2D eigenvalue weighted by Gasteiger charge is 2.23. The first-order valence-corrected chi connectivity index (χ1v) is 9.55. The van der Waals surface area contributed by atoms with Crippen molar-refractivity contribution < 1.29 is 9.59 Å². The number of aryl methyl sites for hydroxylation is 1. The van der Waals surface area contributed by atoms with E-state index in [1.54, 1.807) is 12.1 Å². The van der Waals surface area contributed by atoms with Crippen LogP contribution in [0.2, 0.25) is 0 Å². The smallest absolute Gasteiger partial charge is 0.255 e. The molecule has 0 unspecified atom stereocenters. The lowest BCUT2D eigenvalue weighted by atomic mass is 9.98. The van der Waals surface area contributed by atoms with E-state index in [4.69, 9.17) is 5.73 Å². The first kappa shape index (κ1) is 19.0. The van der Waals surface area contributed by atoms with Crippen LogP contribution in [0.3, 0.4) is 0 Å². The van der Waals surface area contributed by atoms with Crippen LogP contribution in [0.5, 0.6) is 0 Å². The van der Waals surface area contributed by atoms with Gasteiger partial charge in [-0.2, -0.15) is 0 Å². The van der Waals surface area contributed by atoms with Crippen LogP contribution in [0.25, 0.3) is 0 Å². The molecule has 142 valence electrons. The maximum atomic E-state index is 12.9. The summed E-state index contributed by atoms with van der Waals surface area (Å²) in [6.07, 6.45) is 3.05. The number of nitrogens with one attached hydrogen (secondary N) is 1. The van der Waals surface area contributed by atoms with E-state index in [1.807, 2.05) is 41.3 Å². The minimum atomic E-state index is -0.0978. The van der Waals surface area contributed by atoms with Gasteiger partial charge in [0.25, 0.3) is 5.91 Å². The number of hydrogen-bond donors (Lipinski definition) is 2. The zero-order chi connectivity index (χ0) is 19.2. The Hall–Kier alpha value is -2.82. The second kappa shape index (κ2) is 8.71. The van der Waals surface area contributed by atoms with Gasteiger partial charge in [-0.1, -0.05) is 31.2 Å². The van der Waals surface area contributed by atoms with E-state index in [2.05, 4.69) is 12.2 Å². The quantitative estimate of drug-likeness (QED) is 0.793. The highest BCUT2D eigenvalue weighted by molar-refractivity contribution is 6.03. The average Bonchev–Trinajstić information content (AvgIpc) is 2.68. The third-order valence-corrected chi connectivity index (χ3v) is 5.12. The molecule has 1 fully saturated rings. The Labute approximate surface area is 160 Å². The summed E-state index contributed by atoms with van der Waals surface area (Å²) in [6.45, 7) is 3.77. The molecule has 5 heteroatoms. The van der Waals surface area contributed by atoms with Gasteiger partial charge in [0.05, 0.1) is 11.3 Å². The average molecular weight is 365 g/mol. The summed E-state index contributed by atoms with van der Waals surface area (Å²) in [5, 5.41) is 2.91. The van der Waals surface area contributed by atoms with Crippen LogP contribution in [-0.4, -0.2) is 29.8 Å². The van der Waals surface area contributed by atoms with Gasteiger partial charge in [0, 0.05) is 25.2 Å². The number of nitrogens with zero attached hydrogens (tertiary/aromatic N) is 1. The molecule has 27 heavy (non-hydrogen) atoms. The van der Waals surface area contributed by atoms with Gasteiger partial charge in [-0.3, -0.25) is 9.59 Å². The van der Waals surface area contributed by atoms with Gasteiger partial charge in [-0.25, -0.2) is 0 Å². The van der Waals surface area contributed by atoms with Crippen molar-refractivity contribution in [2.24, 2.45) is 5.92 Å². The molecule has 1 aliphatic rings. The molecule has 0 aromatic heterocycles. The number of para-hydroxylation sites is 1. The number of nitrogen functional groups attached to an aromatic ring is 1. The normalized spacial score (nSPS) is 14.8. The van der Waals surface area contributed by atoms with Gasteiger partial charge in [-0.15, -0.1) is 0 Å². The molecule has 0 saturated carbocycles. The molecule has 0 radical (unpaired) electrons. The maximum Gasteiger partial charge on any atom is 0.255 e. The molecule has 3 rings (SSSR count). The second-order valence-corrected chi connectivity index (χ2v) is 7.31. The van der Waals surface area contributed by atoms with E-state index in [-0.39, 0.29) is 11.8 Å².